The molecule has 3 saturated carbocycles. The fraction of sp³-hybridized carbons (Fsp3) is 1.00. The molecule has 0 aromatic heterocycles. The average Bonchev–Trinajstić information content (AvgIpc) is 2.03. The van der Waals surface area contributed by atoms with Gasteiger partial charge in [0.1, 0.15) is 0 Å². The molecule has 0 aliphatic heterocycles. The van der Waals surface area contributed by atoms with Crippen molar-refractivity contribution in [3.05, 3.63) is 0 Å². The SMILES string of the molecule is COCCOCCC12CC([B-](F)(F)F)(C1)C2.[K+]. The molecule has 3 aliphatic rings. The van der Waals surface area contributed by atoms with Gasteiger partial charge >= 0.3 is 58.4 Å². The molecular formula is C10H17BF3KO2. The normalized spacial score (nSPS) is 34.6. The van der Waals surface area contributed by atoms with Crippen LogP contribution in [-0.2, 0) is 9.47 Å². The van der Waals surface area contributed by atoms with Crippen LogP contribution in [0.25, 0.3) is 0 Å². The van der Waals surface area contributed by atoms with Gasteiger partial charge in [-0.2, -0.15) is 0 Å². The van der Waals surface area contributed by atoms with E-state index >= 15 is 0 Å². The Kier molecular flexibility index (Phi) is 5.63. The van der Waals surface area contributed by atoms with Crippen LogP contribution in [0.15, 0.2) is 0 Å². The minimum absolute atomic E-state index is 0. The second kappa shape index (κ2) is 5.81. The minimum Gasteiger partial charge on any atom is -0.449 e. The van der Waals surface area contributed by atoms with Crippen LogP contribution in [0.1, 0.15) is 25.7 Å². The van der Waals surface area contributed by atoms with Gasteiger partial charge in [0.25, 0.3) is 0 Å². The summed E-state index contributed by atoms with van der Waals surface area (Å²) in [6.07, 6.45) is 1.80. The summed E-state index contributed by atoms with van der Waals surface area (Å²) in [7, 11) is 1.60. The Bertz CT molecular complexity index is 253. The minimum atomic E-state index is -4.63. The molecular weight excluding hydrogens is 259 g/mol. The van der Waals surface area contributed by atoms with E-state index in [4.69, 9.17) is 9.47 Å². The van der Waals surface area contributed by atoms with Crippen LogP contribution < -0.4 is 51.4 Å². The van der Waals surface area contributed by atoms with E-state index in [-0.39, 0.29) is 56.8 Å². The van der Waals surface area contributed by atoms with Gasteiger partial charge in [0.15, 0.2) is 0 Å². The molecule has 17 heavy (non-hydrogen) atoms. The standard InChI is InChI=1S/C10H17BF3O2.K/c1-15-4-5-16-3-2-9-6-10(7-9,8-9)11(12,13)14;/h2-8H2,1H3;/q-1;+1. The van der Waals surface area contributed by atoms with E-state index in [2.05, 4.69) is 0 Å². The first-order valence-electron chi connectivity index (χ1n) is 5.69. The predicted octanol–water partition coefficient (Wildman–Crippen LogP) is -0.185. The molecule has 0 unspecified atom stereocenters. The molecule has 0 saturated heterocycles. The fourth-order valence-electron chi connectivity index (χ4n) is 3.23. The molecule has 7 heteroatoms. The van der Waals surface area contributed by atoms with Gasteiger partial charge in [-0.25, -0.2) is 0 Å². The molecule has 0 aromatic carbocycles. The molecule has 0 heterocycles. The Morgan fingerprint density at radius 1 is 1.06 bits per heavy atom. The third kappa shape index (κ3) is 3.12. The van der Waals surface area contributed by atoms with E-state index in [1.807, 2.05) is 0 Å². The van der Waals surface area contributed by atoms with Crippen LogP contribution in [0.3, 0.4) is 0 Å². The first-order chi connectivity index (χ1) is 7.43. The Morgan fingerprint density at radius 3 is 2.12 bits per heavy atom. The van der Waals surface area contributed by atoms with Gasteiger partial charge in [-0.05, 0) is 11.8 Å². The van der Waals surface area contributed by atoms with Gasteiger partial charge in [0.2, 0.25) is 0 Å². The van der Waals surface area contributed by atoms with Crippen molar-refractivity contribution in [2.75, 3.05) is 26.9 Å². The third-order valence-electron chi connectivity index (χ3n) is 4.08. The fourth-order valence-corrected chi connectivity index (χ4v) is 3.23. The van der Waals surface area contributed by atoms with Crippen LogP contribution in [0.2, 0.25) is 5.31 Å². The first kappa shape index (κ1) is 16.5. The largest absolute Gasteiger partial charge is 1.00 e. The maximum Gasteiger partial charge on any atom is 1.00 e. The summed E-state index contributed by atoms with van der Waals surface area (Å²) < 4.78 is 47.9. The molecule has 0 aromatic rings. The maximum absolute atomic E-state index is 12.6. The van der Waals surface area contributed by atoms with Crippen molar-refractivity contribution < 1.29 is 73.8 Å². The number of hydrogen-bond donors (Lipinski definition) is 0. The van der Waals surface area contributed by atoms with Crippen molar-refractivity contribution in [2.45, 2.75) is 31.0 Å². The molecule has 0 atom stereocenters. The van der Waals surface area contributed by atoms with Crippen molar-refractivity contribution in [3.63, 3.8) is 0 Å². The van der Waals surface area contributed by atoms with Crippen molar-refractivity contribution >= 4 is 6.98 Å². The third-order valence-corrected chi connectivity index (χ3v) is 4.08. The van der Waals surface area contributed by atoms with Crippen LogP contribution in [-0.4, -0.2) is 33.9 Å². The molecule has 2 bridgehead atoms. The van der Waals surface area contributed by atoms with Crippen LogP contribution in [0.4, 0.5) is 12.9 Å². The Labute approximate surface area is 142 Å². The Hall–Kier alpha value is 1.41. The summed E-state index contributed by atoms with van der Waals surface area (Å²) in [5.41, 5.74) is -0.0374. The number of hydrogen-bond acceptors (Lipinski definition) is 2. The Morgan fingerprint density at radius 2 is 1.65 bits per heavy atom. The molecule has 3 fully saturated rings. The summed E-state index contributed by atoms with van der Waals surface area (Å²) in [5.74, 6) is 0. The van der Waals surface area contributed by atoms with E-state index in [0.29, 0.717) is 39.1 Å². The molecule has 0 radical (unpaired) electrons. The molecule has 94 valence electrons. The zero-order valence-electron chi connectivity index (χ0n) is 10.5. The summed E-state index contributed by atoms with van der Waals surface area (Å²) in [6, 6.07) is 0. The molecule has 0 N–H and O–H groups in total. The summed E-state index contributed by atoms with van der Waals surface area (Å²) in [6.45, 7) is -2.99. The number of halogens is 3. The molecule has 3 rings (SSSR count). The van der Waals surface area contributed by atoms with Crippen molar-refractivity contribution in [1.29, 1.82) is 0 Å². The number of ether oxygens (including phenoxy) is 2. The summed E-state index contributed by atoms with van der Waals surface area (Å²) >= 11 is 0. The van der Waals surface area contributed by atoms with Gasteiger partial charge in [0, 0.05) is 13.7 Å². The quantitative estimate of drug-likeness (QED) is 0.474. The summed E-state index contributed by atoms with van der Waals surface area (Å²) in [4.78, 5) is 0. The number of rotatable bonds is 7. The van der Waals surface area contributed by atoms with Crippen LogP contribution >= 0.6 is 0 Å². The number of methoxy groups -OCH3 is 1. The van der Waals surface area contributed by atoms with Gasteiger partial charge < -0.3 is 22.4 Å². The zero-order chi connectivity index (χ0) is 11.9. The van der Waals surface area contributed by atoms with Crippen molar-refractivity contribution in [2.24, 2.45) is 5.41 Å². The summed E-state index contributed by atoms with van der Waals surface area (Å²) in [5, 5.41) is -1.26. The molecule has 2 nitrogen and oxygen atoms in total. The molecule has 0 spiro atoms. The van der Waals surface area contributed by atoms with Gasteiger partial charge in [-0.1, -0.05) is 24.6 Å². The molecule has 0 amide bonds. The van der Waals surface area contributed by atoms with E-state index in [0.717, 1.165) is 6.42 Å². The van der Waals surface area contributed by atoms with E-state index < -0.39 is 12.3 Å². The predicted molar refractivity (Wildman–Crippen MR) is 55.4 cm³/mol. The second-order valence-electron chi connectivity index (χ2n) is 5.32. The maximum atomic E-state index is 12.6. The van der Waals surface area contributed by atoms with Gasteiger partial charge in [-0.15, -0.1) is 0 Å². The van der Waals surface area contributed by atoms with Crippen molar-refractivity contribution in [1.82, 2.24) is 0 Å². The van der Waals surface area contributed by atoms with Gasteiger partial charge in [0.05, 0.1) is 13.2 Å². The van der Waals surface area contributed by atoms with Gasteiger partial charge in [-0.3, -0.25) is 0 Å². The smallest absolute Gasteiger partial charge is 0.449 e. The first-order valence-corrected chi connectivity index (χ1v) is 5.69. The molecule has 3 aliphatic carbocycles. The topological polar surface area (TPSA) is 18.5 Å². The monoisotopic (exact) mass is 276 g/mol. The van der Waals surface area contributed by atoms with Crippen LogP contribution in [0.5, 0.6) is 0 Å². The zero-order valence-corrected chi connectivity index (χ0v) is 13.6. The second-order valence-corrected chi connectivity index (χ2v) is 5.32. The Balaban J connectivity index is 0.00000144. The van der Waals surface area contributed by atoms with Crippen LogP contribution in [0, 0.1) is 5.41 Å². The van der Waals surface area contributed by atoms with Crippen molar-refractivity contribution in [3.8, 4) is 0 Å². The van der Waals surface area contributed by atoms with E-state index in [9.17, 15) is 12.9 Å². The average molecular weight is 276 g/mol. The van der Waals surface area contributed by atoms with E-state index in [1.165, 1.54) is 0 Å². The van der Waals surface area contributed by atoms with E-state index in [1.54, 1.807) is 7.11 Å².